The summed E-state index contributed by atoms with van der Waals surface area (Å²) in [5.41, 5.74) is 3.14. The fraction of sp³-hybridized carbons (Fsp3) is 0.438. The lowest BCUT2D eigenvalue weighted by molar-refractivity contribution is -0.137. The van der Waals surface area contributed by atoms with Crippen molar-refractivity contribution in [2.45, 2.75) is 39.7 Å². The van der Waals surface area contributed by atoms with E-state index < -0.39 is 11.9 Å². The molecule has 2 N–H and O–H groups in total. The van der Waals surface area contributed by atoms with Crippen molar-refractivity contribution in [1.82, 2.24) is 10.6 Å². The van der Waals surface area contributed by atoms with Gasteiger partial charge in [0.15, 0.2) is 6.61 Å². The number of ether oxygens (including phenoxy) is 1. The molecule has 1 fully saturated rings. The van der Waals surface area contributed by atoms with Crippen LogP contribution in [0.25, 0.3) is 0 Å². The summed E-state index contributed by atoms with van der Waals surface area (Å²) in [5, 5.41) is 4.78. The maximum Gasteiger partial charge on any atom is 0.258 e. The first-order valence-electron chi connectivity index (χ1n) is 7.20. The first kappa shape index (κ1) is 16.0. The Morgan fingerprint density at radius 3 is 2.73 bits per heavy atom. The molecule has 6 nitrogen and oxygen atoms in total. The topological polar surface area (TPSA) is 84.5 Å². The lowest BCUT2D eigenvalue weighted by atomic mass is 10.1. The van der Waals surface area contributed by atoms with Crippen molar-refractivity contribution in [3.63, 3.8) is 0 Å². The third kappa shape index (κ3) is 3.84. The third-order valence-electron chi connectivity index (χ3n) is 3.70. The summed E-state index contributed by atoms with van der Waals surface area (Å²) in [7, 11) is 0. The maximum absolute atomic E-state index is 11.9. The zero-order valence-electron chi connectivity index (χ0n) is 13.0. The van der Waals surface area contributed by atoms with E-state index in [9.17, 15) is 14.4 Å². The van der Waals surface area contributed by atoms with Crippen LogP contribution in [-0.4, -0.2) is 30.4 Å². The Labute approximate surface area is 129 Å². The minimum Gasteiger partial charge on any atom is -0.483 e. The molecule has 118 valence electrons. The van der Waals surface area contributed by atoms with Gasteiger partial charge >= 0.3 is 0 Å². The normalized spacial score (nSPS) is 17.9. The van der Waals surface area contributed by atoms with Crippen molar-refractivity contribution < 1.29 is 19.1 Å². The van der Waals surface area contributed by atoms with Crippen molar-refractivity contribution in [3.8, 4) is 5.75 Å². The summed E-state index contributed by atoms with van der Waals surface area (Å²) in [6.07, 6.45) is 0.548. The standard InChI is InChI=1S/C16H20N2O4/c1-9-6-10(2)11(3)13(7-9)22-8-15(20)17-12-4-5-14(19)18-16(12)21/h6-7,12H,4-5,8H2,1-3H3,(H,17,20)(H,18,19,21). The van der Waals surface area contributed by atoms with Crippen LogP contribution >= 0.6 is 0 Å². The Hall–Kier alpha value is -2.37. The molecule has 1 aliphatic heterocycles. The molecular weight excluding hydrogens is 284 g/mol. The van der Waals surface area contributed by atoms with Gasteiger partial charge in [0.2, 0.25) is 11.8 Å². The van der Waals surface area contributed by atoms with Gasteiger partial charge in [0.25, 0.3) is 5.91 Å². The van der Waals surface area contributed by atoms with Crippen molar-refractivity contribution in [1.29, 1.82) is 0 Å². The van der Waals surface area contributed by atoms with Gasteiger partial charge in [-0.2, -0.15) is 0 Å². The Morgan fingerprint density at radius 2 is 2.05 bits per heavy atom. The number of piperidine rings is 1. The van der Waals surface area contributed by atoms with Crippen molar-refractivity contribution in [2.24, 2.45) is 0 Å². The molecule has 1 unspecified atom stereocenters. The molecule has 0 bridgehead atoms. The number of aryl methyl sites for hydroxylation is 2. The number of rotatable bonds is 4. The quantitative estimate of drug-likeness (QED) is 0.810. The average molecular weight is 304 g/mol. The maximum atomic E-state index is 11.9. The van der Waals surface area contributed by atoms with Gasteiger partial charge in [-0.1, -0.05) is 6.07 Å². The molecular formula is C16H20N2O4. The van der Waals surface area contributed by atoms with Gasteiger partial charge in [-0.3, -0.25) is 19.7 Å². The molecule has 0 radical (unpaired) electrons. The predicted molar refractivity (Wildman–Crippen MR) is 80.5 cm³/mol. The molecule has 3 amide bonds. The van der Waals surface area contributed by atoms with E-state index in [1.54, 1.807) is 0 Å². The number of benzene rings is 1. The van der Waals surface area contributed by atoms with Gasteiger partial charge in [-0.05, 0) is 49.9 Å². The van der Waals surface area contributed by atoms with E-state index in [-0.39, 0.29) is 24.8 Å². The van der Waals surface area contributed by atoms with Crippen molar-refractivity contribution in [3.05, 3.63) is 28.8 Å². The van der Waals surface area contributed by atoms with Crippen LogP contribution in [0.15, 0.2) is 12.1 Å². The van der Waals surface area contributed by atoms with Gasteiger partial charge < -0.3 is 10.1 Å². The van der Waals surface area contributed by atoms with Crippen molar-refractivity contribution in [2.75, 3.05) is 6.61 Å². The van der Waals surface area contributed by atoms with Crippen LogP contribution in [0.3, 0.4) is 0 Å². The van der Waals surface area contributed by atoms with E-state index in [0.29, 0.717) is 12.2 Å². The number of hydrogen-bond acceptors (Lipinski definition) is 4. The van der Waals surface area contributed by atoms with Crippen LogP contribution in [0, 0.1) is 20.8 Å². The number of amides is 3. The first-order valence-corrected chi connectivity index (χ1v) is 7.20. The molecule has 22 heavy (non-hydrogen) atoms. The Balaban J connectivity index is 1.91. The molecule has 0 spiro atoms. The van der Waals surface area contributed by atoms with Crippen LogP contribution < -0.4 is 15.4 Å². The minimum absolute atomic E-state index is 0.165. The average Bonchev–Trinajstić information content (AvgIpc) is 2.44. The molecule has 1 aromatic carbocycles. The van der Waals surface area contributed by atoms with Crippen LogP contribution in [0.5, 0.6) is 5.75 Å². The predicted octanol–water partition coefficient (Wildman–Crippen LogP) is 0.912. The number of hydrogen-bond donors (Lipinski definition) is 2. The summed E-state index contributed by atoms with van der Waals surface area (Å²) in [5.74, 6) is -0.492. The Bertz CT molecular complexity index is 625. The third-order valence-corrected chi connectivity index (χ3v) is 3.70. The molecule has 0 aliphatic carbocycles. The highest BCUT2D eigenvalue weighted by Gasteiger charge is 2.27. The van der Waals surface area contributed by atoms with E-state index in [4.69, 9.17) is 4.74 Å². The summed E-state index contributed by atoms with van der Waals surface area (Å²) in [6, 6.07) is 3.25. The van der Waals surface area contributed by atoms with E-state index >= 15 is 0 Å². The molecule has 1 atom stereocenters. The molecule has 1 heterocycles. The highest BCUT2D eigenvalue weighted by molar-refractivity contribution is 6.01. The molecule has 0 saturated carbocycles. The van der Waals surface area contributed by atoms with Crippen LogP contribution in [-0.2, 0) is 14.4 Å². The molecule has 1 aromatic rings. The molecule has 0 aromatic heterocycles. The van der Waals surface area contributed by atoms with Gasteiger partial charge in [-0.25, -0.2) is 0 Å². The van der Waals surface area contributed by atoms with Crippen LogP contribution in [0.1, 0.15) is 29.5 Å². The van der Waals surface area contributed by atoms with Gasteiger partial charge in [0.1, 0.15) is 11.8 Å². The highest BCUT2D eigenvalue weighted by Crippen LogP contribution is 2.23. The summed E-state index contributed by atoms with van der Waals surface area (Å²) >= 11 is 0. The number of imide groups is 1. The lowest BCUT2D eigenvalue weighted by Gasteiger charge is -2.22. The monoisotopic (exact) mass is 304 g/mol. The number of carbonyl (C=O) groups excluding carboxylic acids is 3. The van der Waals surface area contributed by atoms with E-state index in [1.165, 1.54) is 0 Å². The minimum atomic E-state index is -0.672. The zero-order chi connectivity index (χ0) is 16.3. The van der Waals surface area contributed by atoms with Crippen LogP contribution in [0.4, 0.5) is 0 Å². The fourth-order valence-corrected chi connectivity index (χ4v) is 2.36. The zero-order valence-corrected chi connectivity index (χ0v) is 13.0. The van der Waals surface area contributed by atoms with Crippen molar-refractivity contribution >= 4 is 17.7 Å². The summed E-state index contributed by atoms with van der Waals surface area (Å²) in [4.78, 5) is 34.5. The number of nitrogens with one attached hydrogen (secondary N) is 2. The van der Waals surface area contributed by atoms with Gasteiger partial charge in [0, 0.05) is 6.42 Å². The second-order valence-electron chi connectivity index (χ2n) is 5.56. The largest absolute Gasteiger partial charge is 0.483 e. The smallest absolute Gasteiger partial charge is 0.258 e. The summed E-state index contributed by atoms with van der Waals surface area (Å²) in [6.45, 7) is 5.71. The fourth-order valence-electron chi connectivity index (χ4n) is 2.36. The number of carbonyl (C=O) groups is 3. The lowest BCUT2D eigenvalue weighted by Crippen LogP contribution is -2.53. The second kappa shape index (κ2) is 6.60. The molecule has 6 heteroatoms. The Morgan fingerprint density at radius 1 is 1.32 bits per heavy atom. The van der Waals surface area contributed by atoms with Gasteiger partial charge in [-0.15, -0.1) is 0 Å². The molecule has 1 saturated heterocycles. The molecule has 1 aliphatic rings. The van der Waals surface area contributed by atoms with Crippen LogP contribution in [0.2, 0.25) is 0 Å². The summed E-state index contributed by atoms with van der Waals surface area (Å²) < 4.78 is 5.55. The molecule has 2 rings (SSSR count). The SMILES string of the molecule is Cc1cc(C)c(C)c(OCC(=O)NC2CCC(=O)NC2=O)c1. The van der Waals surface area contributed by atoms with E-state index in [0.717, 1.165) is 16.7 Å². The van der Waals surface area contributed by atoms with E-state index in [2.05, 4.69) is 10.6 Å². The van der Waals surface area contributed by atoms with Gasteiger partial charge in [0.05, 0.1) is 0 Å². The van der Waals surface area contributed by atoms with E-state index in [1.807, 2.05) is 32.9 Å². The Kier molecular flexibility index (Phi) is 4.80. The first-order chi connectivity index (χ1) is 10.4. The highest BCUT2D eigenvalue weighted by atomic mass is 16.5. The second-order valence-corrected chi connectivity index (χ2v) is 5.56.